The van der Waals surface area contributed by atoms with Gasteiger partial charge in [-0.25, -0.2) is 0 Å². The summed E-state index contributed by atoms with van der Waals surface area (Å²) in [6, 6.07) is 5.58. The Morgan fingerprint density at radius 2 is 2.11 bits per heavy atom. The second-order valence-corrected chi connectivity index (χ2v) is 6.17. The molecule has 0 spiro atoms. The lowest BCUT2D eigenvalue weighted by atomic mass is 10.1. The molecule has 3 rings (SSSR count). The highest BCUT2D eigenvalue weighted by molar-refractivity contribution is 9.10. The van der Waals surface area contributed by atoms with E-state index in [0.29, 0.717) is 11.6 Å². The molecule has 102 valence electrons. The van der Waals surface area contributed by atoms with Crippen LogP contribution >= 0.6 is 15.9 Å². The zero-order chi connectivity index (χ0) is 13.4. The van der Waals surface area contributed by atoms with Gasteiger partial charge in [-0.1, -0.05) is 15.9 Å². The summed E-state index contributed by atoms with van der Waals surface area (Å²) in [5.74, 6) is 0.0137. The van der Waals surface area contributed by atoms with Gasteiger partial charge < -0.3 is 15.3 Å². The third-order valence-electron chi connectivity index (χ3n) is 4.08. The highest BCUT2D eigenvalue weighted by Crippen LogP contribution is 2.32. The maximum atomic E-state index is 12.7. The highest BCUT2D eigenvalue weighted by atomic mass is 79.9. The monoisotopic (exact) mass is 324 g/mol. The molecule has 1 aromatic carbocycles. The molecule has 2 heterocycles. The van der Waals surface area contributed by atoms with Gasteiger partial charge in [0.2, 0.25) is 0 Å². The van der Waals surface area contributed by atoms with Crippen molar-refractivity contribution >= 4 is 21.8 Å². The lowest BCUT2D eigenvalue weighted by molar-refractivity contribution is 0.0677. The van der Waals surface area contributed by atoms with E-state index in [2.05, 4.69) is 21.2 Å². The second-order valence-electron chi connectivity index (χ2n) is 5.25. The summed E-state index contributed by atoms with van der Waals surface area (Å²) in [6.45, 7) is 1.83. The molecule has 0 radical (unpaired) electrons. The average molecular weight is 325 g/mol. The molecule has 2 aliphatic heterocycles. The van der Waals surface area contributed by atoms with Crippen molar-refractivity contribution in [3.8, 4) is 5.75 Å². The summed E-state index contributed by atoms with van der Waals surface area (Å²) in [5.41, 5.74) is 0.396. The van der Waals surface area contributed by atoms with Gasteiger partial charge in [-0.3, -0.25) is 4.79 Å². The van der Waals surface area contributed by atoms with Crippen LogP contribution in [-0.2, 0) is 0 Å². The number of benzene rings is 1. The molecule has 19 heavy (non-hydrogen) atoms. The van der Waals surface area contributed by atoms with Crippen molar-refractivity contribution in [2.75, 3.05) is 13.1 Å². The van der Waals surface area contributed by atoms with Crippen LogP contribution in [0.4, 0.5) is 0 Å². The van der Waals surface area contributed by atoms with Gasteiger partial charge in [0.05, 0.1) is 5.56 Å². The van der Waals surface area contributed by atoms with Crippen LogP contribution in [0.1, 0.15) is 29.6 Å². The molecule has 2 unspecified atom stereocenters. The summed E-state index contributed by atoms with van der Waals surface area (Å²) in [6.07, 6.45) is 3.13. The average Bonchev–Trinajstić information content (AvgIpc) is 2.65. The van der Waals surface area contributed by atoms with E-state index in [4.69, 9.17) is 0 Å². The van der Waals surface area contributed by atoms with Crippen LogP contribution < -0.4 is 5.32 Å². The van der Waals surface area contributed by atoms with Gasteiger partial charge in [-0.2, -0.15) is 0 Å². The number of carbonyl (C=O) groups excluding carboxylic acids is 1. The highest BCUT2D eigenvalue weighted by Gasteiger charge is 2.38. The largest absolute Gasteiger partial charge is 0.507 e. The molecular formula is C14H17BrN2O2. The number of fused-ring (bicyclic) bond motifs is 2. The molecular weight excluding hydrogens is 308 g/mol. The van der Waals surface area contributed by atoms with E-state index in [1.54, 1.807) is 18.2 Å². The fraction of sp³-hybridized carbons (Fsp3) is 0.500. The fourth-order valence-electron chi connectivity index (χ4n) is 3.13. The normalized spacial score (nSPS) is 26.3. The Morgan fingerprint density at radius 3 is 2.95 bits per heavy atom. The van der Waals surface area contributed by atoms with E-state index in [1.165, 1.54) is 0 Å². The van der Waals surface area contributed by atoms with Crippen molar-refractivity contribution in [2.45, 2.75) is 31.3 Å². The molecule has 2 atom stereocenters. The van der Waals surface area contributed by atoms with Crippen molar-refractivity contribution < 1.29 is 9.90 Å². The van der Waals surface area contributed by atoms with E-state index in [-0.39, 0.29) is 17.7 Å². The van der Waals surface area contributed by atoms with Crippen LogP contribution in [0.2, 0.25) is 0 Å². The quantitative estimate of drug-likeness (QED) is 0.832. The number of aromatic hydroxyl groups is 1. The zero-order valence-corrected chi connectivity index (χ0v) is 12.2. The van der Waals surface area contributed by atoms with Gasteiger partial charge in [-0.15, -0.1) is 0 Å². The lowest BCUT2D eigenvalue weighted by Gasteiger charge is -2.28. The van der Waals surface area contributed by atoms with Crippen LogP contribution in [0, 0.1) is 0 Å². The molecule has 2 N–H and O–H groups in total. The fourth-order valence-corrected chi connectivity index (χ4v) is 3.49. The van der Waals surface area contributed by atoms with Gasteiger partial charge >= 0.3 is 0 Å². The molecule has 1 aromatic rings. The molecule has 2 saturated heterocycles. The Kier molecular flexibility index (Phi) is 3.50. The Bertz CT molecular complexity index is 492. The molecule has 1 amide bonds. The number of phenolic OH excluding ortho intramolecular Hbond substituents is 1. The predicted molar refractivity (Wildman–Crippen MR) is 76.3 cm³/mol. The minimum atomic E-state index is -0.0463. The van der Waals surface area contributed by atoms with Crippen LogP contribution in [0.5, 0.6) is 5.75 Å². The summed E-state index contributed by atoms with van der Waals surface area (Å²) in [7, 11) is 0. The first-order chi connectivity index (χ1) is 9.16. The summed E-state index contributed by atoms with van der Waals surface area (Å²) in [5, 5.41) is 13.3. The molecule has 2 aliphatic rings. The maximum Gasteiger partial charge on any atom is 0.258 e. The number of hydrogen-bond donors (Lipinski definition) is 2. The minimum absolute atomic E-state index is 0.0463. The first kappa shape index (κ1) is 12.9. The molecule has 2 fully saturated rings. The van der Waals surface area contributed by atoms with E-state index in [0.717, 1.165) is 36.8 Å². The number of hydrogen-bond acceptors (Lipinski definition) is 3. The summed E-state index contributed by atoms with van der Waals surface area (Å²) in [4.78, 5) is 14.7. The Labute approximate surface area is 120 Å². The summed E-state index contributed by atoms with van der Waals surface area (Å²) < 4.78 is 0.814. The Morgan fingerprint density at radius 1 is 1.32 bits per heavy atom. The van der Waals surface area contributed by atoms with Crippen LogP contribution in [0.25, 0.3) is 0 Å². The van der Waals surface area contributed by atoms with Gasteiger partial charge in [-0.05, 0) is 44.0 Å². The number of amides is 1. The van der Waals surface area contributed by atoms with Crippen LogP contribution in [0.15, 0.2) is 22.7 Å². The zero-order valence-electron chi connectivity index (χ0n) is 10.6. The van der Waals surface area contributed by atoms with Gasteiger partial charge in [0.25, 0.3) is 5.91 Å². The third kappa shape index (κ3) is 2.37. The molecule has 5 heteroatoms. The topological polar surface area (TPSA) is 52.6 Å². The van der Waals surface area contributed by atoms with Crippen molar-refractivity contribution in [1.82, 2.24) is 10.2 Å². The third-order valence-corrected chi connectivity index (χ3v) is 4.57. The first-order valence-electron chi connectivity index (χ1n) is 6.68. The smallest absolute Gasteiger partial charge is 0.258 e. The van der Waals surface area contributed by atoms with E-state index < -0.39 is 0 Å². The van der Waals surface area contributed by atoms with Gasteiger partial charge in [0.15, 0.2) is 0 Å². The Hall–Kier alpha value is -1.07. The molecule has 0 saturated carbocycles. The maximum absolute atomic E-state index is 12.7. The predicted octanol–water partition coefficient (Wildman–Crippen LogP) is 2.12. The standard InChI is InChI=1S/C14H17BrN2O2/c15-9-1-4-13(18)12(7-9)14(19)17-10-2-3-11(17)8-16-6-5-10/h1,4,7,10-11,16,18H,2-3,5-6,8H2. The van der Waals surface area contributed by atoms with Crippen LogP contribution in [-0.4, -0.2) is 41.1 Å². The molecule has 0 aromatic heterocycles. The van der Waals surface area contributed by atoms with E-state index >= 15 is 0 Å². The molecule has 2 bridgehead atoms. The van der Waals surface area contributed by atoms with E-state index in [1.807, 2.05) is 4.90 Å². The number of carbonyl (C=O) groups is 1. The SMILES string of the molecule is O=C(c1cc(Br)ccc1O)N1C2CCNCC1CC2. The number of rotatable bonds is 1. The lowest BCUT2D eigenvalue weighted by Crippen LogP contribution is -2.42. The van der Waals surface area contributed by atoms with E-state index in [9.17, 15) is 9.90 Å². The summed E-state index contributed by atoms with van der Waals surface area (Å²) >= 11 is 3.36. The van der Waals surface area contributed by atoms with Crippen molar-refractivity contribution in [1.29, 1.82) is 0 Å². The minimum Gasteiger partial charge on any atom is -0.507 e. The number of phenols is 1. The van der Waals surface area contributed by atoms with Crippen molar-refractivity contribution in [3.63, 3.8) is 0 Å². The second kappa shape index (κ2) is 5.13. The Balaban J connectivity index is 1.93. The number of nitrogens with zero attached hydrogens (tertiary/aromatic N) is 1. The van der Waals surface area contributed by atoms with Crippen LogP contribution in [0.3, 0.4) is 0 Å². The van der Waals surface area contributed by atoms with Gasteiger partial charge in [0, 0.05) is 23.1 Å². The molecule has 4 nitrogen and oxygen atoms in total. The van der Waals surface area contributed by atoms with Crippen molar-refractivity contribution in [3.05, 3.63) is 28.2 Å². The van der Waals surface area contributed by atoms with Gasteiger partial charge in [0.1, 0.15) is 5.75 Å². The number of halogens is 1. The first-order valence-corrected chi connectivity index (χ1v) is 7.48. The molecule has 0 aliphatic carbocycles. The van der Waals surface area contributed by atoms with Crippen molar-refractivity contribution in [2.24, 2.45) is 0 Å². The number of nitrogens with one attached hydrogen (secondary N) is 1.